The van der Waals surface area contributed by atoms with Crippen molar-refractivity contribution >= 4 is 12.6 Å². The highest BCUT2D eigenvalue weighted by Crippen LogP contribution is 2.15. The molecule has 3 nitrogen and oxygen atoms in total. The van der Waals surface area contributed by atoms with E-state index in [0.717, 1.165) is 17.4 Å². The maximum Gasteiger partial charge on any atom is 0.494 e. The van der Waals surface area contributed by atoms with Gasteiger partial charge in [0, 0.05) is 0 Å². The fourth-order valence-corrected chi connectivity index (χ4v) is 1.59. The number of benzene rings is 1. The molecule has 1 heterocycles. The lowest BCUT2D eigenvalue weighted by Gasteiger charge is -2.07. The molecule has 0 aliphatic carbocycles. The zero-order valence-corrected chi connectivity index (χ0v) is 8.19. The first-order valence-electron chi connectivity index (χ1n) is 4.86. The number of rotatable bonds is 2. The Bertz CT molecular complexity index is 321. The molecule has 0 unspecified atom stereocenters. The summed E-state index contributed by atoms with van der Waals surface area (Å²) in [4.78, 5) is 0. The summed E-state index contributed by atoms with van der Waals surface area (Å²) in [6.07, 6.45) is 0.812. The molecule has 0 saturated carbocycles. The van der Waals surface area contributed by atoms with E-state index in [2.05, 4.69) is 0 Å². The number of aromatic hydroxyl groups is 1. The highest BCUT2D eigenvalue weighted by molar-refractivity contribution is 6.61. The second-order valence-corrected chi connectivity index (χ2v) is 3.32. The van der Waals surface area contributed by atoms with Gasteiger partial charge in [0.15, 0.2) is 0 Å². The molecule has 0 radical (unpaired) electrons. The highest BCUT2D eigenvalue weighted by Gasteiger charge is 2.26. The van der Waals surface area contributed by atoms with Crippen molar-refractivity contribution in [3.05, 3.63) is 23.8 Å². The number of phenols is 1. The molecule has 1 fully saturated rings. The summed E-state index contributed by atoms with van der Waals surface area (Å²) in [5.74, 6) is 0.342. The molecule has 1 aliphatic rings. The van der Waals surface area contributed by atoms with Gasteiger partial charge >= 0.3 is 7.12 Å². The zero-order chi connectivity index (χ0) is 9.97. The molecule has 4 heteroatoms. The lowest BCUT2D eigenvalue weighted by atomic mass is 9.78. The van der Waals surface area contributed by atoms with Crippen molar-refractivity contribution in [2.24, 2.45) is 0 Å². The third-order valence-electron chi connectivity index (χ3n) is 2.38. The van der Waals surface area contributed by atoms with Crippen molar-refractivity contribution in [2.75, 3.05) is 13.2 Å². The number of hydrogen-bond donors (Lipinski definition) is 1. The minimum atomic E-state index is -0.249. The standard InChI is InChI=1S/C10H13BO3/c1-2-8-7-9(3-4-10(8)12)11-13-5-6-14-11/h3-4,7,12H,2,5-6H2,1H3. The molecule has 0 spiro atoms. The summed E-state index contributed by atoms with van der Waals surface area (Å²) < 4.78 is 10.7. The van der Waals surface area contributed by atoms with E-state index < -0.39 is 0 Å². The Hall–Kier alpha value is -0.995. The molecule has 74 valence electrons. The van der Waals surface area contributed by atoms with E-state index in [1.807, 2.05) is 19.1 Å². The predicted molar refractivity (Wildman–Crippen MR) is 54.8 cm³/mol. The van der Waals surface area contributed by atoms with E-state index in [1.165, 1.54) is 0 Å². The molecular formula is C10H13BO3. The fourth-order valence-electron chi connectivity index (χ4n) is 1.59. The largest absolute Gasteiger partial charge is 0.508 e. The molecule has 0 aromatic heterocycles. The molecule has 2 rings (SSSR count). The second-order valence-electron chi connectivity index (χ2n) is 3.32. The average molecular weight is 192 g/mol. The summed E-state index contributed by atoms with van der Waals surface area (Å²) in [5.41, 5.74) is 1.92. The molecular weight excluding hydrogens is 179 g/mol. The smallest absolute Gasteiger partial charge is 0.494 e. The van der Waals surface area contributed by atoms with Gasteiger partial charge in [-0.05, 0) is 23.5 Å². The van der Waals surface area contributed by atoms with E-state index in [9.17, 15) is 5.11 Å². The summed E-state index contributed by atoms with van der Waals surface area (Å²) in [6.45, 7) is 3.30. The van der Waals surface area contributed by atoms with Crippen molar-refractivity contribution in [1.29, 1.82) is 0 Å². The van der Waals surface area contributed by atoms with E-state index >= 15 is 0 Å². The number of hydrogen-bond acceptors (Lipinski definition) is 3. The van der Waals surface area contributed by atoms with Crippen LogP contribution in [0.5, 0.6) is 5.75 Å². The highest BCUT2D eigenvalue weighted by atomic mass is 16.6. The molecule has 14 heavy (non-hydrogen) atoms. The first-order valence-corrected chi connectivity index (χ1v) is 4.86. The molecule has 0 bridgehead atoms. The van der Waals surface area contributed by atoms with Crippen molar-refractivity contribution in [1.82, 2.24) is 0 Å². The van der Waals surface area contributed by atoms with E-state index in [0.29, 0.717) is 19.0 Å². The van der Waals surface area contributed by atoms with Crippen LogP contribution in [0, 0.1) is 0 Å². The van der Waals surface area contributed by atoms with Crippen LogP contribution in [0.2, 0.25) is 0 Å². The SMILES string of the molecule is CCc1cc(B2OCCO2)ccc1O. The Balaban J connectivity index is 2.25. The predicted octanol–water partition coefficient (Wildman–Crippen LogP) is 0.697. The number of phenolic OH excluding ortho intramolecular Hbond substituents is 1. The van der Waals surface area contributed by atoms with E-state index in [4.69, 9.17) is 9.31 Å². The summed E-state index contributed by atoms with van der Waals surface area (Å²) in [5, 5.41) is 9.50. The topological polar surface area (TPSA) is 38.7 Å². The van der Waals surface area contributed by atoms with Crippen LogP contribution in [0.4, 0.5) is 0 Å². The molecule has 1 aromatic rings. The van der Waals surface area contributed by atoms with Crippen molar-refractivity contribution in [2.45, 2.75) is 13.3 Å². The lowest BCUT2D eigenvalue weighted by Crippen LogP contribution is -2.31. The first-order chi connectivity index (χ1) is 6.81. The molecule has 1 aromatic carbocycles. The van der Waals surface area contributed by atoms with Crippen LogP contribution < -0.4 is 5.46 Å². The molecule has 1 aliphatic heterocycles. The first kappa shape index (κ1) is 9.56. The lowest BCUT2D eigenvalue weighted by molar-refractivity contribution is 0.365. The zero-order valence-electron chi connectivity index (χ0n) is 8.19. The Morgan fingerprint density at radius 2 is 2.07 bits per heavy atom. The monoisotopic (exact) mass is 192 g/mol. The minimum Gasteiger partial charge on any atom is -0.508 e. The van der Waals surface area contributed by atoms with Crippen molar-refractivity contribution in [3.8, 4) is 5.75 Å². The van der Waals surface area contributed by atoms with Gasteiger partial charge in [0.25, 0.3) is 0 Å². The summed E-state index contributed by atoms with van der Waals surface area (Å²) in [6, 6.07) is 5.47. The molecule has 0 amide bonds. The van der Waals surface area contributed by atoms with Gasteiger partial charge in [-0.25, -0.2) is 0 Å². The van der Waals surface area contributed by atoms with Gasteiger partial charge in [-0.2, -0.15) is 0 Å². The van der Waals surface area contributed by atoms with Gasteiger partial charge in [0.2, 0.25) is 0 Å². The third-order valence-corrected chi connectivity index (χ3v) is 2.38. The van der Waals surface area contributed by atoms with Gasteiger partial charge in [-0.15, -0.1) is 0 Å². The van der Waals surface area contributed by atoms with Gasteiger partial charge in [0.1, 0.15) is 5.75 Å². The number of aryl methyl sites for hydroxylation is 1. The average Bonchev–Trinajstić information content (AvgIpc) is 2.71. The van der Waals surface area contributed by atoms with Crippen molar-refractivity contribution < 1.29 is 14.4 Å². The van der Waals surface area contributed by atoms with Crippen LogP contribution in [-0.4, -0.2) is 25.4 Å². The Labute approximate surface area is 83.8 Å². The van der Waals surface area contributed by atoms with E-state index in [-0.39, 0.29) is 7.12 Å². The summed E-state index contributed by atoms with van der Waals surface area (Å²) in [7, 11) is -0.249. The second kappa shape index (κ2) is 4.03. The summed E-state index contributed by atoms with van der Waals surface area (Å²) >= 11 is 0. The van der Waals surface area contributed by atoms with Crippen LogP contribution in [0.3, 0.4) is 0 Å². The Morgan fingerprint density at radius 3 is 2.71 bits per heavy atom. The minimum absolute atomic E-state index is 0.249. The molecule has 1 saturated heterocycles. The van der Waals surface area contributed by atoms with Gasteiger partial charge in [-0.3, -0.25) is 0 Å². The molecule has 1 N–H and O–H groups in total. The Kier molecular flexibility index (Phi) is 2.75. The maximum atomic E-state index is 9.50. The fraction of sp³-hybridized carbons (Fsp3) is 0.400. The van der Waals surface area contributed by atoms with Crippen LogP contribution in [0.1, 0.15) is 12.5 Å². The van der Waals surface area contributed by atoms with Crippen LogP contribution in [-0.2, 0) is 15.7 Å². The van der Waals surface area contributed by atoms with Gasteiger partial charge in [-0.1, -0.05) is 19.1 Å². The van der Waals surface area contributed by atoms with Crippen LogP contribution >= 0.6 is 0 Å². The van der Waals surface area contributed by atoms with Gasteiger partial charge < -0.3 is 14.4 Å². The third kappa shape index (κ3) is 1.76. The van der Waals surface area contributed by atoms with Crippen LogP contribution in [0.15, 0.2) is 18.2 Å². The normalized spacial score (nSPS) is 16.2. The Morgan fingerprint density at radius 1 is 1.36 bits per heavy atom. The van der Waals surface area contributed by atoms with Gasteiger partial charge in [0.05, 0.1) is 13.2 Å². The van der Waals surface area contributed by atoms with Crippen LogP contribution in [0.25, 0.3) is 0 Å². The quantitative estimate of drug-likeness (QED) is 0.700. The maximum absolute atomic E-state index is 9.50. The van der Waals surface area contributed by atoms with E-state index in [1.54, 1.807) is 6.07 Å². The molecule has 0 atom stereocenters. The van der Waals surface area contributed by atoms with Crippen molar-refractivity contribution in [3.63, 3.8) is 0 Å².